The molecule has 3 aromatic rings. The molecule has 0 saturated carbocycles. The van der Waals surface area contributed by atoms with Gasteiger partial charge >= 0.3 is 0 Å². The van der Waals surface area contributed by atoms with Crippen LogP contribution in [0.4, 0.5) is 10.2 Å². The first-order valence-corrected chi connectivity index (χ1v) is 5.87. The van der Waals surface area contributed by atoms with Gasteiger partial charge in [0.25, 0.3) is 0 Å². The summed E-state index contributed by atoms with van der Waals surface area (Å²) in [5.41, 5.74) is 1.55. The Balaban J connectivity index is 1.87. The average Bonchev–Trinajstić information content (AvgIpc) is 2.84. The van der Waals surface area contributed by atoms with Gasteiger partial charge in [0.2, 0.25) is 0 Å². The van der Waals surface area contributed by atoms with Crippen LogP contribution < -0.4 is 5.32 Å². The molecule has 19 heavy (non-hydrogen) atoms. The van der Waals surface area contributed by atoms with Crippen LogP contribution in [0.1, 0.15) is 11.4 Å². The number of aryl methyl sites for hydroxylation is 1. The SMILES string of the molecule is Cc1nc(NCc2cncc(F)c2)c2cc[nH]c2n1. The Morgan fingerprint density at radius 3 is 3.05 bits per heavy atom. The predicted octanol–water partition coefficient (Wildman–Crippen LogP) is 2.41. The molecule has 0 radical (unpaired) electrons. The molecule has 2 N–H and O–H groups in total. The second kappa shape index (κ2) is 4.64. The van der Waals surface area contributed by atoms with Crippen LogP contribution in [-0.4, -0.2) is 19.9 Å². The number of fused-ring (bicyclic) bond motifs is 1. The third kappa shape index (κ3) is 2.37. The molecule has 0 amide bonds. The Morgan fingerprint density at radius 2 is 2.21 bits per heavy atom. The van der Waals surface area contributed by atoms with E-state index in [2.05, 4.69) is 25.3 Å². The number of halogens is 1. The number of pyridine rings is 1. The molecule has 3 heterocycles. The van der Waals surface area contributed by atoms with Gasteiger partial charge in [-0.05, 0) is 24.6 Å². The monoisotopic (exact) mass is 257 g/mol. The minimum Gasteiger partial charge on any atom is -0.365 e. The van der Waals surface area contributed by atoms with Crippen LogP contribution >= 0.6 is 0 Å². The Hall–Kier alpha value is -2.50. The van der Waals surface area contributed by atoms with Crippen molar-refractivity contribution >= 4 is 16.9 Å². The number of rotatable bonds is 3. The highest BCUT2D eigenvalue weighted by atomic mass is 19.1. The van der Waals surface area contributed by atoms with E-state index in [1.165, 1.54) is 12.3 Å². The number of aromatic nitrogens is 4. The van der Waals surface area contributed by atoms with Crippen LogP contribution in [0.15, 0.2) is 30.7 Å². The second-order valence-electron chi connectivity index (χ2n) is 4.22. The standard InChI is InChI=1S/C13H12FN5/c1-8-18-12-11(2-3-16-12)13(19-8)17-6-9-4-10(14)7-15-5-9/h2-5,7H,6H2,1H3,(H2,16,17,18,19). The molecular weight excluding hydrogens is 245 g/mol. The topological polar surface area (TPSA) is 66.5 Å². The van der Waals surface area contributed by atoms with Crippen molar-refractivity contribution in [1.29, 1.82) is 0 Å². The Bertz CT molecular complexity index is 722. The number of hydrogen-bond donors (Lipinski definition) is 2. The van der Waals surface area contributed by atoms with E-state index in [-0.39, 0.29) is 5.82 Å². The average molecular weight is 257 g/mol. The second-order valence-corrected chi connectivity index (χ2v) is 4.22. The van der Waals surface area contributed by atoms with Crippen molar-refractivity contribution in [2.45, 2.75) is 13.5 Å². The van der Waals surface area contributed by atoms with Crippen LogP contribution in [-0.2, 0) is 6.54 Å². The summed E-state index contributed by atoms with van der Waals surface area (Å²) in [6.45, 7) is 2.29. The minimum absolute atomic E-state index is 0.343. The lowest BCUT2D eigenvalue weighted by Crippen LogP contribution is -2.04. The molecule has 0 aliphatic carbocycles. The van der Waals surface area contributed by atoms with E-state index in [9.17, 15) is 4.39 Å². The molecular formula is C13H12FN5. The smallest absolute Gasteiger partial charge is 0.143 e. The fourth-order valence-electron chi connectivity index (χ4n) is 1.93. The van der Waals surface area contributed by atoms with Crippen molar-refractivity contribution in [1.82, 2.24) is 19.9 Å². The van der Waals surface area contributed by atoms with Gasteiger partial charge in [-0.3, -0.25) is 4.98 Å². The van der Waals surface area contributed by atoms with Crippen LogP contribution in [0.5, 0.6) is 0 Å². The predicted molar refractivity (Wildman–Crippen MR) is 70.1 cm³/mol. The molecule has 0 bridgehead atoms. The zero-order valence-electron chi connectivity index (χ0n) is 10.3. The zero-order valence-corrected chi connectivity index (χ0v) is 10.3. The Labute approximate surface area is 108 Å². The van der Waals surface area contributed by atoms with E-state index in [0.29, 0.717) is 12.4 Å². The lowest BCUT2D eigenvalue weighted by molar-refractivity contribution is 0.619. The largest absolute Gasteiger partial charge is 0.365 e. The van der Waals surface area contributed by atoms with Crippen molar-refractivity contribution < 1.29 is 4.39 Å². The van der Waals surface area contributed by atoms with Gasteiger partial charge in [0.05, 0.1) is 11.6 Å². The third-order valence-corrected chi connectivity index (χ3v) is 2.75. The molecule has 3 rings (SSSR count). The third-order valence-electron chi connectivity index (χ3n) is 2.75. The van der Waals surface area contributed by atoms with Gasteiger partial charge in [-0.2, -0.15) is 0 Å². The number of aromatic amines is 1. The van der Waals surface area contributed by atoms with Crippen molar-refractivity contribution in [2.24, 2.45) is 0 Å². The first-order chi connectivity index (χ1) is 9.22. The number of anilines is 1. The molecule has 0 aliphatic rings. The first-order valence-electron chi connectivity index (χ1n) is 5.87. The molecule has 0 atom stereocenters. The summed E-state index contributed by atoms with van der Waals surface area (Å²) in [7, 11) is 0. The molecule has 0 saturated heterocycles. The van der Waals surface area contributed by atoms with Crippen LogP contribution in [0.2, 0.25) is 0 Å². The van der Waals surface area contributed by atoms with Gasteiger partial charge in [-0.25, -0.2) is 14.4 Å². The van der Waals surface area contributed by atoms with E-state index in [0.717, 1.165) is 22.4 Å². The summed E-state index contributed by atoms with van der Waals surface area (Å²) >= 11 is 0. The normalized spacial score (nSPS) is 10.8. The maximum atomic E-state index is 13.0. The van der Waals surface area contributed by atoms with E-state index < -0.39 is 0 Å². The quantitative estimate of drug-likeness (QED) is 0.756. The van der Waals surface area contributed by atoms with Gasteiger partial charge in [0.1, 0.15) is 23.1 Å². The minimum atomic E-state index is -0.343. The molecule has 0 spiro atoms. The van der Waals surface area contributed by atoms with Crippen LogP contribution in [0.3, 0.4) is 0 Å². The highest BCUT2D eigenvalue weighted by Gasteiger charge is 2.06. The summed E-state index contributed by atoms with van der Waals surface area (Å²) in [5.74, 6) is 1.06. The molecule has 6 heteroatoms. The van der Waals surface area contributed by atoms with Gasteiger partial charge in [-0.1, -0.05) is 0 Å². The summed E-state index contributed by atoms with van der Waals surface area (Å²) in [6, 6.07) is 3.35. The lowest BCUT2D eigenvalue weighted by Gasteiger charge is -2.07. The van der Waals surface area contributed by atoms with Crippen molar-refractivity contribution in [3.05, 3.63) is 47.9 Å². The van der Waals surface area contributed by atoms with Crippen LogP contribution in [0.25, 0.3) is 11.0 Å². The molecule has 0 aromatic carbocycles. The van der Waals surface area contributed by atoms with Crippen molar-refractivity contribution in [3.63, 3.8) is 0 Å². The first kappa shape index (κ1) is 11.6. The summed E-state index contributed by atoms with van der Waals surface area (Å²) in [4.78, 5) is 15.5. The zero-order chi connectivity index (χ0) is 13.2. The van der Waals surface area contributed by atoms with Gasteiger partial charge in [0.15, 0.2) is 0 Å². The van der Waals surface area contributed by atoms with Gasteiger partial charge in [0, 0.05) is 18.9 Å². The van der Waals surface area contributed by atoms with E-state index in [1.54, 1.807) is 6.20 Å². The molecule has 5 nitrogen and oxygen atoms in total. The lowest BCUT2D eigenvalue weighted by atomic mass is 10.2. The summed E-state index contributed by atoms with van der Waals surface area (Å²) in [6.07, 6.45) is 4.62. The fraction of sp³-hybridized carbons (Fsp3) is 0.154. The van der Waals surface area contributed by atoms with E-state index >= 15 is 0 Å². The highest BCUT2D eigenvalue weighted by Crippen LogP contribution is 2.19. The Kier molecular flexibility index (Phi) is 2.83. The van der Waals surface area contributed by atoms with E-state index in [1.807, 2.05) is 19.2 Å². The fourth-order valence-corrected chi connectivity index (χ4v) is 1.93. The maximum Gasteiger partial charge on any atom is 0.143 e. The maximum absolute atomic E-state index is 13.0. The van der Waals surface area contributed by atoms with Gasteiger partial charge < -0.3 is 10.3 Å². The van der Waals surface area contributed by atoms with Crippen molar-refractivity contribution in [2.75, 3.05) is 5.32 Å². The van der Waals surface area contributed by atoms with E-state index in [4.69, 9.17) is 0 Å². The molecule has 0 fully saturated rings. The summed E-state index contributed by atoms with van der Waals surface area (Å²) in [5, 5.41) is 4.09. The number of hydrogen-bond acceptors (Lipinski definition) is 4. The number of nitrogens with one attached hydrogen (secondary N) is 2. The highest BCUT2D eigenvalue weighted by molar-refractivity contribution is 5.86. The van der Waals surface area contributed by atoms with Crippen LogP contribution in [0, 0.1) is 12.7 Å². The summed E-state index contributed by atoms with van der Waals surface area (Å²) < 4.78 is 13.0. The molecule has 96 valence electrons. The number of H-pyrrole nitrogens is 1. The van der Waals surface area contributed by atoms with Gasteiger partial charge in [-0.15, -0.1) is 0 Å². The molecule has 3 aromatic heterocycles. The molecule has 0 unspecified atom stereocenters. The van der Waals surface area contributed by atoms with Crippen molar-refractivity contribution in [3.8, 4) is 0 Å². The molecule has 0 aliphatic heterocycles. The number of nitrogens with zero attached hydrogens (tertiary/aromatic N) is 3. The Morgan fingerprint density at radius 1 is 1.32 bits per heavy atom.